The molecule has 0 fully saturated rings. The molecule has 1 aromatic rings. The van der Waals surface area contributed by atoms with Gasteiger partial charge in [0.2, 0.25) is 0 Å². The highest BCUT2D eigenvalue weighted by Gasteiger charge is 2.38. The number of benzene rings is 1. The van der Waals surface area contributed by atoms with E-state index in [-0.39, 0.29) is 11.5 Å². The number of carbonyl (C=O) groups excluding carboxylic acids is 1. The van der Waals surface area contributed by atoms with E-state index in [1.165, 1.54) is 0 Å². The van der Waals surface area contributed by atoms with Gasteiger partial charge in [-0.05, 0) is 31.4 Å². The van der Waals surface area contributed by atoms with E-state index in [1.807, 2.05) is 32.0 Å². The molecule has 4 N–H and O–H groups in total. The van der Waals surface area contributed by atoms with Gasteiger partial charge >= 0.3 is 6.09 Å². The summed E-state index contributed by atoms with van der Waals surface area (Å²) >= 11 is 0. The van der Waals surface area contributed by atoms with Crippen LogP contribution < -0.4 is 11.5 Å². The molecular weight excluding hydrogens is 276 g/mol. The van der Waals surface area contributed by atoms with E-state index in [2.05, 4.69) is 37.3 Å². The lowest BCUT2D eigenvalue weighted by molar-refractivity contribution is 0.0149. The van der Waals surface area contributed by atoms with Crippen LogP contribution in [0, 0.1) is 5.41 Å². The molecule has 0 saturated carbocycles. The molecule has 0 aromatic heterocycles. The van der Waals surface area contributed by atoms with Gasteiger partial charge in [0.25, 0.3) is 0 Å². The van der Waals surface area contributed by atoms with Crippen LogP contribution in [0.2, 0.25) is 0 Å². The second-order valence-electron chi connectivity index (χ2n) is 6.71. The molecule has 0 radical (unpaired) electrons. The summed E-state index contributed by atoms with van der Waals surface area (Å²) in [6, 6.07) is 9.96. The van der Waals surface area contributed by atoms with Crippen molar-refractivity contribution in [3.8, 4) is 0 Å². The van der Waals surface area contributed by atoms with E-state index in [9.17, 15) is 4.79 Å². The van der Waals surface area contributed by atoms with Crippen molar-refractivity contribution in [3.05, 3.63) is 54.1 Å². The third kappa shape index (κ3) is 3.77. The highest BCUT2D eigenvalue weighted by molar-refractivity contribution is 5.76. The van der Waals surface area contributed by atoms with Crippen molar-refractivity contribution < 1.29 is 9.53 Å². The molecule has 0 bridgehead atoms. The van der Waals surface area contributed by atoms with Crippen LogP contribution in [0.4, 0.5) is 4.79 Å². The number of amides is 1. The molecule has 2 unspecified atom stereocenters. The lowest BCUT2D eigenvalue weighted by atomic mass is 9.71. The predicted octanol–water partition coefficient (Wildman–Crippen LogP) is 3.24. The van der Waals surface area contributed by atoms with Crippen molar-refractivity contribution in [1.29, 1.82) is 0 Å². The molecule has 1 aliphatic rings. The minimum Gasteiger partial charge on any atom is -0.444 e. The Morgan fingerprint density at radius 3 is 2.50 bits per heavy atom. The summed E-state index contributed by atoms with van der Waals surface area (Å²) in [6.07, 6.45) is 6.09. The van der Waals surface area contributed by atoms with Crippen LogP contribution in [0.3, 0.4) is 0 Å². The number of ether oxygens (including phenoxy) is 1. The van der Waals surface area contributed by atoms with E-state index < -0.39 is 11.7 Å². The van der Waals surface area contributed by atoms with Crippen LogP contribution in [0.15, 0.2) is 48.6 Å². The molecule has 0 saturated heterocycles. The normalized spacial score (nSPS) is 24.7. The first-order chi connectivity index (χ1) is 10.2. The summed E-state index contributed by atoms with van der Waals surface area (Å²) in [4.78, 5) is 11.0. The van der Waals surface area contributed by atoms with Gasteiger partial charge in [-0.1, -0.05) is 55.5 Å². The Morgan fingerprint density at radius 2 is 1.95 bits per heavy atom. The maximum atomic E-state index is 11.0. The van der Waals surface area contributed by atoms with Crippen molar-refractivity contribution in [1.82, 2.24) is 0 Å². The van der Waals surface area contributed by atoms with Gasteiger partial charge < -0.3 is 16.2 Å². The Balaban J connectivity index is 2.17. The van der Waals surface area contributed by atoms with E-state index in [0.29, 0.717) is 6.42 Å². The molecular formula is C18H24N2O2. The van der Waals surface area contributed by atoms with E-state index in [4.69, 9.17) is 16.2 Å². The molecule has 0 heterocycles. The van der Waals surface area contributed by atoms with Gasteiger partial charge in [-0.3, -0.25) is 0 Å². The summed E-state index contributed by atoms with van der Waals surface area (Å²) in [5.41, 5.74) is 12.8. The van der Waals surface area contributed by atoms with E-state index in [1.54, 1.807) is 0 Å². The fourth-order valence-corrected chi connectivity index (χ4v) is 3.06. The lowest BCUT2D eigenvalue weighted by Gasteiger charge is -2.39. The number of hydrogen-bond donors (Lipinski definition) is 2. The average Bonchev–Trinajstić information content (AvgIpc) is 2.41. The van der Waals surface area contributed by atoms with Crippen molar-refractivity contribution in [2.75, 3.05) is 0 Å². The van der Waals surface area contributed by atoms with Crippen LogP contribution in [-0.2, 0) is 4.74 Å². The first-order valence-electron chi connectivity index (χ1n) is 7.42. The number of allylic oxidation sites excluding steroid dienone is 2. The van der Waals surface area contributed by atoms with Crippen LogP contribution in [0.5, 0.6) is 0 Å². The molecule has 118 valence electrons. The standard InChI is InChI=1S/C18H24N2O2/c1-17(2,22-16(20)21)12-18(3)10-9-14(11-15(18)19)13-7-5-4-6-8-13/h4-11,15H,12,19H2,1-3H3,(H2,20,21). The Morgan fingerprint density at radius 1 is 1.32 bits per heavy atom. The fraction of sp³-hybridized carbons (Fsp3) is 0.389. The molecule has 22 heavy (non-hydrogen) atoms. The zero-order valence-electron chi connectivity index (χ0n) is 13.4. The summed E-state index contributed by atoms with van der Waals surface area (Å²) in [5, 5.41) is 0. The summed E-state index contributed by atoms with van der Waals surface area (Å²) in [6.45, 7) is 5.76. The van der Waals surface area contributed by atoms with Gasteiger partial charge in [-0.2, -0.15) is 0 Å². The number of rotatable bonds is 4. The third-order valence-corrected chi connectivity index (χ3v) is 4.05. The molecule has 1 amide bonds. The number of carbonyl (C=O) groups is 1. The molecule has 4 heteroatoms. The van der Waals surface area contributed by atoms with Crippen molar-refractivity contribution in [2.45, 2.75) is 38.8 Å². The third-order valence-electron chi connectivity index (χ3n) is 4.05. The Kier molecular flexibility index (Phi) is 4.42. The summed E-state index contributed by atoms with van der Waals surface area (Å²) in [7, 11) is 0. The van der Waals surface area contributed by atoms with Crippen LogP contribution >= 0.6 is 0 Å². The predicted molar refractivity (Wildman–Crippen MR) is 89.0 cm³/mol. The monoisotopic (exact) mass is 300 g/mol. The van der Waals surface area contributed by atoms with Gasteiger partial charge in [-0.25, -0.2) is 4.79 Å². The van der Waals surface area contributed by atoms with Crippen LogP contribution in [-0.4, -0.2) is 17.7 Å². The van der Waals surface area contributed by atoms with Gasteiger partial charge in [0.05, 0.1) is 0 Å². The fourth-order valence-electron chi connectivity index (χ4n) is 3.06. The molecule has 1 aliphatic carbocycles. The minimum absolute atomic E-state index is 0.163. The Bertz CT molecular complexity index is 605. The maximum Gasteiger partial charge on any atom is 0.405 e. The highest BCUT2D eigenvalue weighted by Crippen LogP contribution is 2.39. The van der Waals surface area contributed by atoms with E-state index in [0.717, 1.165) is 11.1 Å². The smallest absolute Gasteiger partial charge is 0.405 e. The van der Waals surface area contributed by atoms with Crippen LogP contribution in [0.25, 0.3) is 5.57 Å². The van der Waals surface area contributed by atoms with Crippen molar-refractivity contribution >= 4 is 11.7 Å². The van der Waals surface area contributed by atoms with Gasteiger partial charge in [0, 0.05) is 11.5 Å². The van der Waals surface area contributed by atoms with Crippen molar-refractivity contribution in [2.24, 2.45) is 16.9 Å². The average molecular weight is 300 g/mol. The van der Waals surface area contributed by atoms with E-state index >= 15 is 0 Å². The SMILES string of the molecule is CC(C)(CC1(C)C=CC(c2ccccc2)=CC1N)OC(N)=O. The molecule has 0 spiro atoms. The molecule has 1 aromatic carbocycles. The molecule has 2 atom stereocenters. The maximum absolute atomic E-state index is 11.0. The Hall–Kier alpha value is -2.07. The zero-order valence-corrected chi connectivity index (χ0v) is 13.4. The summed E-state index contributed by atoms with van der Waals surface area (Å²) < 4.78 is 5.19. The van der Waals surface area contributed by atoms with Gasteiger partial charge in [0.1, 0.15) is 5.60 Å². The van der Waals surface area contributed by atoms with Crippen molar-refractivity contribution in [3.63, 3.8) is 0 Å². The Labute approximate surface area is 131 Å². The second kappa shape index (κ2) is 5.97. The molecule has 0 aliphatic heterocycles. The lowest BCUT2D eigenvalue weighted by Crippen LogP contribution is -2.45. The summed E-state index contributed by atoms with van der Waals surface area (Å²) in [5.74, 6) is 0. The first-order valence-corrected chi connectivity index (χ1v) is 7.42. The second-order valence-corrected chi connectivity index (χ2v) is 6.71. The number of hydrogen-bond acceptors (Lipinski definition) is 3. The topological polar surface area (TPSA) is 78.3 Å². The quantitative estimate of drug-likeness (QED) is 0.896. The first kappa shape index (κ1) is 16.3. The molecule has 2 rings (SSSR count). The zero-order chi connectivity index (χ0) is 16.4. The van der Waals surface area contributed by atoms with Crippen LogP contribution in [0.1, 0.15) is 32.8 Å². The molecule has 4 nitrogen and oxygen atoms in total. The van der Waals surface area contributed by atoms with Gasteiger partial charge in [-0.15, -0.1) is 0 Å². The largest absolute Gasteiger partial charge is 0.444 e. The number of nitrogens with two attached hydrogens (primary N) is 2. The van der Waals surface area contributed by atoms with Gasteiger partial charge in [0.15, 0.2) is 0 Å². The highest BCUT2D eigenvalue weighted by atomic mass is 16.6. The minimum atomic E-state index is -0.762. The number of primary amides is 1.